The maximum atomic E-state index is 11.7. The molecule has 1 radical (unpaired) electrons. The molecule has 4 nitrogen and oxygen atoms in total. The van der Waals surface area contributed by atoms with Gasteiger partial charge in [0.15, 0.2) is 0 Å². The third-order valence-corrected chi connectivity index (χ3v) is 3.03. The highest BCUT2D eigenvalue weighted by atomic mass is 16.3. The van der Waals surface area contributed by atoms with Gasteiger partial charge >= 0.3 is 0 Å². The van der Waals surface area contributed by atoms with E-state index < -0.39 is 0 Å². The van der Waals surface area contributed by atoms with E-state index in [4.69, 9.17) is 5.73 Å². The summed E-state index contributed by atoms with van der Waals surface area (Å²) in [5.74, 6) is 0. The van der Waals surface area contributed by atoms with Gasteiger partial charge in [0, 0.05) is 12.2 Å². The summed E-state index contributed by atoms with van der Waals surface area (Å²) in [7, 11) is 0. The van der Waals surface area contributed by atoms with Crippen LogP contribution in [0.25, 0.3) is 0 Å². The third-order valence-electron chi connectivity index (χ3n) is 3.03. The molecule has 0 aromatic carbocycles. The van der Waals surface area contributed by atoms with Crippen LogP contribution in [0.5, 0.6) is 0 Å². The highest BCUT2D eigenvalue weighted by Crippen LogP contribution is 2.27. The van der Waals surface area contributed by atoms with Crippen LogP contribution in [0.2, 0.25) is 0 Å². The second-order valence-electron chi connectivity index (χ2n) is 4.10. The van der Waals surface area contributed by atoms with Gasteiger partial charge in [0.05, 0.1) is 6.10 Å². The first-order chi connectivity index (χ1) is 7.18. The average molecular weight is 207 g/mol. The molecule has 0 aliphatic heterocycles. The van der Waals surface area contributed by atoms with Crippen LogP contribution >= 0.6 is 0 Å². The van der Waals surface area contributed by atoms with Crippen LogP contribution in [0.3, 0.4) is 0 Å². The van der Waals surface area contributed by atoms with Crippen molar-refractivity contribution in [2.24, 2.45) is 0 Å². The molecule has 0 unspecified atom stereocenters. The van der Waals surface area contributed by atoms with E-state index in [-0.39, 0.29) is 23.4 Å². The molecule has 15 heavy (non-hydrogen) atoms. The molecule has 1 aromatic rings. The Labute approximate surface area is 88.3 Å². The Morgan fingerprint density at radius 1 is 1.33 bits per heavy atom. The number of nitrogens with one attached hydrogen (secondary N) is 1. The van der Waals surface area contributed by atoms with Crippen LogP contribution in [-0.4, -0.2) is 15.8 Å². The molecule has 1 fully saturated rings. The summed E-state index contributed by atoms with van der Waals surface area (Å²) < 4.78 is 1.63. The van der Waals surface area contributed by atoms with Gasteiger partial charge in [0.2, 0.25) is 0 Å². The molecule has 81 valence electrons. The fourth-order valence-electron chi connectivity index (χ4n) is 2.13. The quantitative estimate of drug-likeness (QED) is 0.752. The third kappa shape index (κ3) is 2.04. The van der Waals surface area contributed by atoms with Crippen molar-refractivity contribution < 1.29 is 5.11 Å². The number of aromatic nitrogens is 1. The summed E-state index contributed by atoms with van der Waals surface area (Å²) in [6, 6.07) is 3.40. The Morgan fingerprint density at radius 3 is 2.67 bits per heavy atom. The fourth-order valence-corrected chi connectivity index (χ4v) is 2.13. The Morgan fingerprint density at radius 2 is 2.00 bits per heavy atom. The van der Waals surface area contributed by atoms with Crippen molar-refractivity contribution in [1.29, 1.82) is 0 Å². The molecule has 1 aliphatic rings. The van der Waals surface area contributed by atoms with Gasteiger partial charge in [-0.2, -0.15) is 0 Å². The van der Waals surface area contributed by atoms with E-state index >= 15 is 0 Å². The number of nitrogens with zero attached hydrogens (tertiary/aromatic N) is 1. The maximum absolute atomic E-state index is 11.7. The van der Waals surface area contributed by atoms with Crippen molar-refractivity contribution in [3.8, 4) is 0 Å². The summed E-state index contributed by atoms with van der Waals surface area (Å²) in [6.45, 7) is 0. The maximum Gasteiger partial charge on any atom is 0.275 e. The molecule has 2 N–H and O–H groups in total. The predicted molar refractivity (Wildman–Crippen MR) is 57.0 cm³/mol. The summed E-state index contributed by atoms with van der Waals surface area (Å²) >= 11 is 0. The number of hydrogen-bond acceptors (Lipinski definition) is 2. The first-order valence-electron chi connectivity index (χ1n) is 5.29. The minimum absolute atomic E-state index is 0.0450. The monoisotopic (exact) mass is 207 g/mol. The topological polar surface area (TPSA) is 66.0 Å². The van der Waals surface area contributed by atoms with Gasteiger partial charge < -0.3 is 9.67 Å². The lowest BCUT2D eigenvalue weighted by Crippen LogP contribution is -2.28. The number of rotatable bonds is 1. The number of hydrogen-bond donors (Lipinski definition) is 1. The zero-order chi connectivity index (χ0) is 10.8. The summed E-state index contributed by atoms with van der Waals surface area (Å²) in [5, 5.41) is 9.37. The normalized spacial score (nSPS) is 26.5. The molecular formula is C11H15N2O2. The molecular weight excluding hydrogens is 192 g/mol. The SMILES string of the molecule is [NH]c1cccn(C2CCC(O)CC2)c1=O. The van der Waals surface area contributed by atoms with E-state index in [2.05, 4.69) is 0 Å². The highest BCUT2D eigenvalue weighted by Gasteiger charge is 2.21. The summed E-state index contributed by atoms with van der Waals surface area (Å²) in [6.07, 6.45) is 4.67. The second-order valence-corrected chi connectivity index (χ2v) is 4.10. The van der Waals surface area contributed by atoms with Crippen molar-refractivity contribution >= 4 is 5.69 Å². The molecule has 0 atom stereocenters. The zero-order valence-electron chi connectivity index (χ0n) is 8.52. The zero-order valence-corrected chi connectivity index (χ0v) is 8.52. The molecule has 1 aliphatic carbocycles. The van der Waals surface area contributed by atoms with E-state index in [0.717, 1.165) is 25.7 Å². The van der Waals surface area contributed by atoms with Gasteiger partial charge in [-0.25, -0.2) is 0 Å². The van der Waals surface area contributed by atoms with Crippen molar-refractivity contribution in [3.63, 3.8) is 0 Å². The lowest BCUT2D eigenvalue weighted by molar-refractivity contribution is 0.110. The van der Waals surface area contributed by atoms with E-state index in [1.165, 1.54) is 6.07 Å². The van der Waals surface area contributed by atoms with E-state index in [1.54, 1.807) is 16.8 Å². The predicted octanol–water partition coefficient (Wildman–Crippen LogP) is 1.24. The van der Waals surface area contributed by atoms with Crippen molar-refractivity contribution in [1.82, 2.24) is 10.3 Å². The van der Waals surface area contributed by atoms with Crippen LogP contribution in [0.1, 0.15) is 31.7 Å². The fraction of sp³-hybridized carbons (Fsp3) is 0.545. The van der Waals surface area contributed by atoms with Crippen molar-refractivity contribution in [2.45, 2.75) is 37.8 Å². The van der Waals surface area contributed by atoms with Gasteiger partial charge in [0.25, 0.3) is 5.56 Å². The molecule has 0 amide bonds. The first-order valence-corrected chi connectivity index (χ1v) is 5.29. The van der Waals surface area contributed by atoms with E-state index in [1.807, 2.05) is 0 Å². The average Bonchev–Trinajstić information content (AvgIpc) is 2.24. The Bertz CT molecular complexity index is 392. The minimum Gasteiger partial charge on any atom is -0.393 e. The van der Waals surface area contributed by atoms with Gasteiger partial charge in [0.1, 0.15) is 5.69 Å². The Balaban J connectivity index is 2.23. The standard InChI is InChI=1S/C11H15N2O2/c12-10-2-1-7-13(11(10)15)8-3-5-9(14)6-4-8/h1-2,7-9,12,14H,3-6H2. The molecule has 2 rings (SSSR count). The van der Waals surface area contributed by atoms with Crippen LogP contribution in [-0.2, 0) is 0 Å². The first kappa shape index (κ1) is 10.2. The van der Waals surface area contributed by atoms with Gasteiger partial charge in [-0.3, -0.25) is 10.5 Å². The highest BCUT2D eigenvalue weighted by molar-refractivity contribution is 5.29. The van der Waals surface area contributed by atoms with Gasteiger partial charge in [-0.15, -0.1) is 0 Å². The van der Waals surface area contributed by atoms with Gasteiger partial charge in [-0.05, 0) is 37.8 Å². The largest absolute Gasteiger partial charge is 0.393 e. The van der Waals surface area contributed by atoms with Crippen LogP contribution in [0.4, 0.5) is 5.69 Å². The molecule has 0 spiro atoms. The van der Waals surface area contributed by atoms with Crippen LogP contribution in [0, 0.1) is 0 Å². The van der Waals surface area contributed by atoms with Crippen molar-refractivity contribution in [3.05, 3.63) is 28.7 Å². The molecule has 1 heterocycles. The number of pyridine rings is 1. The lowest BCUT2D eigenvalue weighted by atomic mass is 9.93. The summed E-state index contributed by atoms with van der Waals surface area (Å²) in [5.41, 5.74) is 7.26. The number of aliphatic hydroxyl groups excluding tert-OH is 1. The molecule has 0 saturated heterocycles. The second kappa shape index (κ2) is 4.06. The molecule has 1 saturated carbocycles. The summed E-state index contributed by atoms with van der Waals surface area (Å²) in [4.78, 5) is 11.7. The molecule has 0 bridgehead atoms. The lowest BCUT2D eigenvalue weighted by Gasteiger charge is -2.27. The number of aliphatic hydroxyl groups is 1. The van der Waals surface area contributed by atoms with E-state index in [0.29, 0.717) is 0 Å². The Kier molecular flexibility index (Phi) is 2.77. The van der Waals surface area contributed by atoms with E-state index in [9.17, 15) is 9.90 Å². The molecule has 1 aromatic heterocycles. The van der Waals surface area contributed by atoms with Crippen LogP contribution < -0.4 is 11.3 Å². The molecule has 4 heteroatoms. The minimum atomic E-state index is -0.223. The van der Waals surface area contributed by atoms with Gasteiger partial charge in [-0.1, -0.05) is 0 Å². The Hall–Kier alpha value is -1.29. The smallest absolute Gasteiger partial charge is 0.275 e. The van der Waals surface area contributed by atoms with Crippen LogP contribution in [0.15, 0.2) is 23.1 Å². The van der Waals surface area contributed by atoms with Crippen molar-refractivity contribution in [2.75, 3.05) is 0 Å².